The molecule has 6 nitrogen and oxygen atoms in total. The molecular weight excluding hydrogens is 338 g/mol. The fourth-order valence-electron chi connectivity index (χ4n) is 2.95. The van der Waals surface area contributed by atoms with Crippen molar-refractivity contribution >= 4 is 17.2 Å². The number of ether oxygens (including phenoxy) is 1. The van der Waals surface area contributed by atoms with Gasteiger partial charge in [-0.15, -0.1) is 11.3 Å². The second-order valence-electron chi connectivity index (χ2n) is 6.32. The van der Waals surface area contributed by atoms with Crippen LogP contribution in [0.3, 0.4) is 0 Å². The third kappa shape index (κ3) is 5.93. The van der Waals surface area contributed by atoms with Gasteiger partial charge in [-0.25, -0.2) is 0 Å². The van der Waals surface area contributed by atoms with Gasteiger partial charge in [0, 0.05) is 26.0 Å². The highest BCUT2D eigenvalue weighted by atomic mass is 32.1. The monoisotopic (exact) mass is 363 g/mol. The smallest absolute Gasteiger partial charge is 0.227 e. The van der Waals surface area contributed by atoms with Crippen LogP contribution in [0.2, 0.25) is 0 Å². The number of thiophene rings is 1. The van der Waals surface area contributed by atoms with Gasteiger partial charge < -0.3 is 14.6 Å². The molecule has 0 unspecified atom stereocenters. The number of rotatable bonds is 9. The van der Waals surface area contributed by atoms with E-state index in [-0.39, 0.29) is 5.91 Å². The second kappa shape index (κ2) is 9.68. The second-order valence-corrected chi connectivity index (χ2v) is 7.27. The maximum absolute atomic E-state index is 11.9. The fourth-order valence-corrected chi connectivity index (χ4v) is 3.60. The molecule has 0 atom stereocenters. The lowest BCUT2D eigenvalue weighted by Crippen LogP contribution is -2.26. The number of nitrogens with zero attached hydrogens (tertiary/aromatic N) is 2. The molecule has 0 aromatic carbocycles. The molecule has 1 aliphatic carbocycles. The Bertz CT molecular complexity index is 636. The van der Waals surface area contributed by atoms with Crippen molar-refractivity contribution in [3.63, 3.8) is 0 Å². The van der Waals surface area contributed by atoms with Crippen molar-refractivity contribution in [2.45, 2.75) is 57.5 Å². The first-order valence-electron chi connectivity index (χ1n) is 9.06. The number of amides is 1. The van der Waals surface area contributed by atoms with Crippen molar-refractivity contribution in [1.29, 1.82) is 0 Å². The van der Waals surface area contributed by atoms with Crippen molar-refractivity contribution in [2.24, 2.45) is 0 Å². The van der Waals surface area contributed by atoms with E-state index in [0.717, 1.165) is 17.9 Å². The first-order valence-corrected chi connectivity index (χ1v) is 9.94. The highest BCUT2D eigenvalue weighted by Crippen LogP contribution is 2.21. The summed E-state index contributed by atoms with van der Waals surface area (Å²) in [5, 5.41) is 8.83. The number of aryl methyl sites for hydroxylation is 1. The molecule has 25 heavy (non-hydrogen) atoms. The first kappa shape index (κ1) is 18.1. The number of hydrogen-bond acceptors (Lipinski definition) is 6. The van der Waals surface area contributed by atoms with Crippen LogP contribution in [0.1, 0.15) is 50.8 Å². The van der Waals surface area contributed by atoms with E-state index in [4.69, 9.17) is 9.26 Å². The normalized spacial score (nSPS) is 15.4. The highest BCUT2D eigenvalue weighted by Gasteiger charge is 2.13. The van der Waals surface area contributed by atoms with E-state index >= 15 is 0 Å². The van der Waals surface area contributed by atoms with E-state index in [1.165, 1.54) is 32.1 Å². The lowest BCUT2D eigenvalue weighted by molar-refractivity contribution is -0.121. The van der Waals surface area contributed by atoms with Gasteiger partial charge in [-0.2, -0.15) is 4.98 Å². The van der Waals surface area contributed by atoms with E-state index in [9.17, 15) is 4.79 Å². The summed E-state index contributed by atoms with van der Waals surface area (Å²) in [5.41, 5.74) is 0. The molecular formula is C18H25N3O3S. The van der Waals surface area contributed by atoms with Crippen LogP contribution >= 0.6 is 11.3 Å². The Morgan fingerprint density at radius 1 is 1.36 bits per heavy atom. The number of carbonyl (C=O) groups is 1. The number of carbonyl (C=O) groups excluding carboxylic acids is 1. The van der Waals surface area contributed by atoms with Gasteiger partial charge in [0.05, 0.1) is 11.0 Å². The molecule has 0 radical (unpaired) electrons. The Morgan fingerprint density at radius 3 is 3.04 bits per heavy atom. The predicted octanol–water partition coefficient (Wildman–Crippen LogP) is 3.59. The van der Waals surface area contributed by atoms with Crippen LogP contribution in [-0.2, 0) is 16.0 Å². The lowest BCUT2D eigenvalue weighted by atomic mass is 9.98. The highest BCUT2D eigenvalue weighted by molar-refractivity contribution is 7.13. The average Bonchev–Trinajstić information content (AvgIpc) is 3.32. The van der Waals surface area contributed by atoms with Gasteiger partial charge in [-0.3, -0.25) is 4.79 Å². The van der Waals surface area contributed by atoms with Crippen molar-refractivity contribution in [2.75, 3.05) is 13.2 Å². The van der Waals surface area contributed by atoms with Crippen LogP contribution in [0.15, 0.2) is 22.0 Å². The van der Waals surface area contributed by atoms with Crippen LogP contribution in [0.4, 0.5) is 0 Å². The van der Waals surface area contributed by atoms with Crippen LogP contribution in [-0.4, -0.2) is 35.3 Å². The minimum absolute atomic E-state index is 0.00791. The Morgan fingerprint density at radius 2 is 2.24 bits per heavy atom. The third-order valence-corrected chi connectivity index (χ3v) is 5.19. The zero-order valence-electron chi connectivity index (χ0n) is 14.4. The maximum atomic E-state index is 11.9. The molecule has 1 amide bonds. The molecule has 0 aliphatic heterocycles. The SMILES string of the molecule is O=C(CCc1nc(-c2cccs2)no1)NCCCOC1CCCCC1. The van der Waals surface area contributed by atoms with Crippen LogP contribution < -0.4 is 5.32 Å². The van der Waals surface area contributed by atoms with Crippen molar-refractivity contribution in [1.82, 2.24) is 15.5 Å². The van der Waals surface area contributed by atoms with Gasteiger partial charge in [-0.1, -0.05) is 30.5 Å². The summed E-state index contributed by atoms with van der Waals surface area (Å²) in [7, 11) is 0. The molecule has 1 fully saturated rings. The molecule has 1 saturated carbocycles. The largest absolute Gasteiger partial charge is 0.378 e. The Balaban J connectivity index is 1.27. The Kier molecular flexibility index (Phi) is 6.99. The summed E-state index contributed by atoms with van der Waals surface area (Å²) < 4.78 is 11.0. The van der Waals surface area contributed by atoms with Gasteiger partial charge in [0.25, 0.3) is 0 Å². The van der Waals surface area contributed by atoms with Crippen LogP contribution in [0, 0.1) is 0 Å². The quantitative estimate of drug-likeness (QED) is 0.689. The molecule has 3 rings (SSSR count). The van der Waals surface area contributed by atoms with Crippen LogP contribution in [0.5, 0.6) is 0 Å². The van der Waals surface area contributed by atoms with Gasteiger partial charge in [0.2, 0.25) is 17.6 Å². The van der Waals surface area contributed by atoms with E-state index in [0.29, 0.717) is 37.2 Å². The summed E-state index contributed by atoms with van der Waals surface area (Å²) >= 11 is 1.56. The van der Waals surface area contributed by atoms with E-state index in [1.54, 1.807) is 11.3 Å². The first-order chi connectivity index (χ1) is 12.3. The summed E-state index contributed by atoms with van der Waals surface area (Å²) in [4.78, 5) is 17.2. The van der Waals surface area contributed by atoms with Crippen molar-refractivity contribution in [3.05, 3.63) is 23.4 Å². The fraction of sp³-hybridized carbons (Fsp3) is 0.611. The number of aromatic nitrogens is 2. The van der Waals surface area contributed by atoms with Gasteiger partial charge in [0.1, 0.15) is 0 Å². The minimum Gasteiger partial charge on any atom is -0.378 e. The summed E-state index contributed by atoms with van der Waals surface area (Å²) in [6, 6.07) is 3.89. The standard InChI is InChI=1S/C18H25N3O3S/c22-16(19-11-5-12-23-14-6-2-1-3-7-14)9-10-17-20-18(21-24-17)15-8-4-13-25-15/h4,8,13-14H,1-3,5-7,9-12H2,(H,19,22). The molecule has 2 heterocycles. The molecule has 0 saturated heterocycles. The molecule has 0 spiro atoms. The topological polar surface area (TPSA) is 77.2 Å². The maximum Gasteiger partial charge on any atom is 0.227 e. The average molecular weight is 363 g/mol. The zero-order chi connectivity index (χ0) is 17.3. The van der Waals surface area contributed by atoms with Gasteiger partial charge in [0.15, 0.2) is 0 Å². The van der Waals surface area contributed by atoms with Crippen molar-refractivity contribution < 1.29 is 14.1 Å². The van der Waals surface area contributed by atoms with E-state index < -0.39 is 0 Å². The Hall–Kier alpha value is -1.73. The molecule has 2 aromatic rings. The predicted molar refractivity (Wildman–Crippen MR) is 96.4 cm³/mol. The zero-order valence-corrected chi connectivity index (χ0v) is 15.2. The third-order valence-electron chi connectivity index (χ3n) is 4.32. The van der Waals surface area contributed by atoms with Gasteiger partial charge >= 0.3 is 0 Å². The summed E-state index contributed by atoms with van der Waals surface area (Å²) in [6.45, 7) is 1.37. The molecule has 1 N–H and O–H groups in total. The number of hydrogen-bond donors (Lipinski definition) is 1. The molecule has 2 aromatic heterocycles. The van der Waals surface area contributed by atoms with Gasteiger partial charge in [-0.05, 0) is 30.7 Å². The van der Waals surface area contributed by atoms with Crippen molar-refractivity contribution in [3.8, 4) is 10.7 Å². The molecule has 7 heteroatoms. The molecule has 136 valence electrons. The van der Waals surface area contributed by atoms with E-state index in [1.807, 2.05) is 17.5 Å². The minimum atomic E-state index is 0.00791. The van der Waals surface area contributed by atoms with Crippen LogP contribution in [0.25, 0.3) is 10.7 Å². The summed E-state index contributed by atoms with van der Waals surface area (Å²) in [6.07, 6.45) is 8.37. The summed E-state index contributed by atoms with van der Waals surface area (Å²) in [5.74, 6) is 1.10. The molecule has 0 bridgehead atoms. The number of nitrogens with one attached hydrogen (secondary N) is 1. The molecule has 1 aliphatic rings. The Labute approximate surface area is 152 Å². The van der Waals surface area contributed by atoms with E-state index in [2.05, 4.69) is 15.5 Å². The lowest BCUT2D eigenvalue weighted by Gasteiger charge is -2.21.